The lowest BCUT2D eigenvalue weighted by molar-refractivity contribution is -0.121. The highest BCUT2D eigenvalue weighted by atomic mass is 16.3. The normalized spacial score (nSPS) is 16.5. The molecular formula is C8H15NO2. The van der Waals surface area contributed by atoms with Crippen molar-refractivity contribution in [2.45, 2.75) is 25.7 Å². The lowest BCUT2D eigenvalue weighted by Gasteiger charge is -2.01. The monoisotopic (exact) mass is 157 g/mol. The molecule has 0 radical (unpaired) electrons. The Morgan fingerprint density at radius 3 is 2.82 bits per heavy atom. The minimum atomic E-state index is 0.140. The van der Waals surface area contributed by atoms with Crippen molar-refractivity contribution in [3.05, 3.63) is 0 Å². The molecule has 3 heteroatoms. The molecule has 0 spiro atoms. The van der Waals surface area contributed by atoms with E-state index in [4.69, 9.17) is 5.11 Å². The number of aliphatic hydroxyl groups excluding tert-OH is 1. The fourth-order valence-corrected chi connectivity index (χ4v) is 0.963. The summed E-state index contributed by atoms with van der Waals surface area (Å²) in [7, 11) is 0. The van der Waals surface area contributed by atoms with E-state index in [1.54, 1.807) is 0 Å². The summed E-state index contributed by atoms with van der Waals surface area (Å²) in [6, 6.07) is 0. The van der Waals surface area contributed by atoms with Gasteiger partial charge in [-0.2, -0.15) is 0 Å². The second kappa shape index (κ2) is 4.34. The Balaban J connectivity index is 1.92. The third kappa shape index (κ3) is 3.98. The standard InChI is InChI=1S/C8H15NO2/c10-5-1-4-9-8(11)6-7-2-3-7/h7,10H,1-6H2,(H,9,11). The van der Waals surface area contributed by atoms with E-state index in [1.807, 2.05) is 0 Å². The molecule has 11 heavy (non-hydrogen) atoms. The molecule has 1 amide bonds. The van der Waals surface area contributed by atoms with Crippen molar-refractivity contribution in [3.8, 4) is 0 Å². The second-order valence-corrected chi connectivity index (χ2v) is 3.07. The molecule has 0 aromatic carbocycles. The summed E-state index contributed by atoms with van der Waals surface area (Å²) >= 11 is 0. The van der Waals surface area contributed by atoms with Gasteiger partial charge in [-0.15, -0.1) is 0 Å². The first-order valence-corrected chi connectivity index (χ1v) is 4.20. The molecule has 0 aromatic heterocycles. The van der Waals surface area contributed by atoms with E-state index in [0.29, 0.717) is 25.3 Å². The highest BCUT2D eigenvalue weighted by Gasteiger charge is 2.23. The minimum Gasteiger partial charge on any atom is -0.396 e. The van der Waals surface area contributed by atoms with Crippen LogP contribution in [0, 0.1) is 5.92 Å². The van der Waals surface area contributed by atoms with Gasteiger partial charge in [-0.3, -0.25) is 4.79 Å². The molecule has 1 fully saturated rings. The molecule has 0 saturated heterocycles. The molecular weight excluding hydrogens is 142 g/mol. The Labute approximate surface area is 66.8 Å². The predicted octanol–water partition coefficient (Wildman–Crippen LogP) is 0.285. The molecule has 1 aliphatic rings. The zero-order valence-corrected chi connectivity index (χ0v) is 6.68. The van der Waals surface area contributed by atoms with Crippen molar-refractivity contribution >= 4 is 5.91 Å². The number of amides is 1. The van der Waals surface area contributed by atoms with Crippen molar-refractivity contribution in [1.29, 1.82) is 0 Å². The summed E-state index contributed by atoms with van der Waals surface area (Å²) in [6.07, 6.45) is 3.78. The first-order chi connectivity index (χ1) is 5.33. The summed E-state index contributed by atoms with van der Waals surface area (Å²) in [5.41, 5.74) is 0. The molecule has 2 N–H and O–H groups in total. The molecule has 0 aliphatic heterocycles. The van der Waals surface area contributed by atoms with Gasteiger partial charge in [0.2, 0.25) is 5.91 Å². The van der Waals surface area contributed by atoms with Crippen LogP contribution >= 0.6 is 0 Å². The average molecular weight is 157 g/mol. The summed E-state index contributed by atoms with van der Waals surface area (Å²) in [5.74, 6) is 0.796. The highest BCUT2D eigenvalue weighted by molar-refractivity contribution is 5.76. The van der Waals surface area contributed by atoms with Crippen molar-refractivity contribution in [2.75, 3.05) is 13.2 Å². The molecule has 0 atom stereocenters. The zero-order chi connectivity index (χ0) is 8.10. The van der Waals surface area contributed by atoms with Gasteiger partial charge < -0.3 is 10.4 Å². The van der Waals surface area contributed by atoms with Gasteiger partial charge in [0, 0.05) is 19.6 Å². The van der Waals surface area contributed by atoms with E-state index >= 15 is 0 Å². The van der Waals surface area contributed by atoms with E-state index in [9.17, 15) is 4.79 Å². The first kappa shape index (κ1) is 8.53. The van der Waals surface area contributed by atoms with Gasteiger partial charge in [-0.1, -0.05) is 0 Å². The van der Waals surface area contributed by atoms with Crippen LogP contribution in [-0.2, 0) is 4.79 Å². The Morgan fingerprint density at radius 1 is 1.55 bits per heavy atom. The maximum atomic E-state index is 11.0. The van der Waals surface area contributed by atoms with Crippen LogP contribution < -0.4 is 5.32 Å². The van der Waals surface area contributed by atoms with Crippen LogP contribution in [0.15, 0.2) is 0 Å². The van der Waals surface area contributed by atoms with Crippen molar-refractivity contribution in [2.24, 2.45) is 5.92 Å². The van der Waals surface area contributed by atoms with E-state index in [1.165, 1.54) is 12.8 Å². The zero-order valence-electron chi connectivity index (χ0n) is 6.68. The number of rotatable bonds is 5. The molecule has 1 aliphatic carbocycles. The molecule has 3 nitrogen and oxygen atoms in total. The Hall–Kier alpha value is -0.570. The largest absolute Gasteiger partial charge is 0.396 e. The third-order valence-electron chi connectivity index (χ3n) is 1.83. The van der Waals surface area contributed by atoms with Crippen LogP contribution in [0.1, 0.15) is 25.7 Å². The highest BCUT2D eigenvalue weighted by Crippen LogP contribution is 2.31. The van der Waals surface area contributed by atoms with Crippen LogP contribution in [0.25, 0.3) is 0 Å². The molecule has 1 rings (SSSR count). The van der Waals surface area contributed by atoms with E-state index in [2.05, 4.69) is 5.32 Å². The Bertz CT molecular complexity index is 132. The molecule has 0 aromatic rings. The number of hydrogen-bond acceptors (Lipinski definition) is 2. The number of aliphatic hydroxyl groups is 1. The number of carbonyl (C=O) groups is 1. The summed E-state index contributed by atoms with van der Waals surface area (Å²) in [6.45, 7) is 0.770. The Kier molecular flexibility index (Phi) is 3.36. The van der Waals surface area contributed by atoms with E-state index in [-0.39, 0.29) is 12.5 Å². The molecule has 0 heterocycles. The van der Waals surface area contributed by atoms with Gasteiger partial charge in [-0.25, -0.2) is 0 Å². The topological polar surface area (TPSA) is 49.3 Å². The van der Waals surface area contributed by atoms with E-state index in [0.717, 1.165) is 0 Å². The van der Waals surface area contributed by atoms with Gasteiger partial charge in [0.1, 0.15) is 0 Å². The number of hydrogen-bond donors (Lipinski definition) is 2. The minimum absolute atomic E-state index is 0.140. The van der Waals surface area contributed by atoms with Gasteiger partial charge in [0.05, 0.1) is 0 Å². The van der Waals surface area contributed by atoms with Gasteiger partial charge in [-0.05, 0) is 25.2 Å². The fourth-order valence-electron chi connectivity index (χ4n) is 0.963. The number of carbonyl (C=O) groups excluding carboxylic acids is 1. The van der Waals surface area contributed by atoms with E-state index < -0.39 is 0 Å². The summed E-state index contributed by atoms with van der Waals surface area (Å²) < 4.78 is 0. The molecule has 1 saturated carbocycles. The lowest BCUT2D eigenvalue weighted by atomic mass is 10.3. The second-order valence-electron chi connectivity index (χ2n) is 3.07. The summed E-state index contributed by atoms with van der Waals surface area (Å²) in [4.78, 5) is 11.0. The quantitative estimate of drug-likeness (QED) is 0.563. The molecule has 0 bridgehead atoms. The smallest absolute Gasteiger partial charge is 0.220 e. The van der Waals surface area contributed by atoms with Crippen molar-refractivity contribution in [1.82, 2.24) is 5.32 Å². The molecule has 0 unspecified atom stereocenters. The third-order valence-corrected chi connectivity index (χ3v) is 1.83. The van der Waals surface area contributed by atoms with Gasteiger partial charge in [0.25, 0.3) is 0 Å². The predicted molar refractivity (Wildman–Crippen MR) is 42.1 cm³/mol. The van der Waals surface area contributed by atoms with Crippen LogP contribution in [0.4, 0.5) is 0 Å². The maximum Gasteiger partial charge on any atom is 0.220 e. The van der Waals surface area contributed by atoms with Crippen LogP contribution in [0.5, 0.6) is 0 Å². The maximum absolute atomic E-state index is 11.0. The summed E-state index contributed by atoms with van der Waals surface area (Å²) in [5, 5.41) is 11.2. The van der Waals surface area contributed by atoms with Crippen molar-refractivity contribution < 1.29 is 9.90 Å². The number of nitrogens with one attached hydrogen (secondary N) is 1. The van der Waals surface area contributed by atoms with Gasteiger partial charge in [0.15, 0.2) is 0 Å². The SMILES string of the molecule is O=C(CC1CC1)NCCCO. The average Bonchev–Trinajstić information content (AvgIpc) is 2.72. The Morgan fingerprint density at radius 2 is 2.27 bits per heavy atom. The van der Waals surface area contributed by atoms with Crippen molar-refractivity contribution in [3.63, 3.8) is 0 Å². The molecule has 64 valence electrons. The van der Waals surface area contributed by atoms with Crippen LogP contribution in [0.3, 0.4) is 0 Å². The fraction of sp³-hybridized carbons (Fsp3) is 0.875. The van der Waals surface area contributed by atoms with Crippen LogP contribution in [-0.4, -0.2) is 24.2 Å². The van der Waals surface area contributed by atoms with Gasteiger partial charge >= 0.3 is 0 Å². The lowest BCUT2D eigenvalue weighted by Crippen LogP contribution is -2.25. The van der Waals surface area contributed by atoms with Crippen LogP contribution in [0.2, 0.25) is 0 Å². The first-order valence-electron chi connectivity index (χ1n) is 4.20.